The van der Waals surface area contributed by atoms with Crippen molar-refractivity contribution >= 4 is 32.4 Å². The van der Waals surface area contributed by atoms with E-state index in [1.165, 1.54) is 16.2 Å². The van der Waals surface area contributed by atoms with E-state index < -0.39 is 12.7 Å². The van der Waals surface area contributed by atoms with E-state index in [0.29, 0.717) is 31.9 Å². The molecule has 0 atom stereocenters. The summed E-state index contributed by atoms with van der Waals surface area (Å²) in [6.07, 6.45) is -4.13. The molecule has 0 spiro atoms. The number of aromatic nitrogens is 1. The third kappa shape index (κ3) is 3.38. The fraction of sp³-hybridized carbons (Fsp3) is 0.462. The summed E-state index contributed by atoms with van der Waals surface area (Å²) in [6.45, 7) is 1.09. The van der Waals surface area contributed by atoms with Gasteiger partial charge in [0.05, 0.1) is 16.8 Å². The smallest absolute Gasteiger partial charge is 0.399 e. The van der Waals surface area contributed by atoms with Crippen LogP contribution in [0.3, 0.4) is 0 Å². The molecule has 0 radical (unpaired) electrons. The maximum absolute atomic E-state index is 12.4. The van der Waals surface area contributed by atoms with Crippen LogP contribution in [0.25, 0.3) is 10.2 Å². The summed E-state index contributed by atoms with van der Waals surface area (Å²) in [5.41, 5.74) is 7.31. The van der Waals surface area contributed by atoms with E-state index in [4.69, 9.17) is 5.73 Å². The first kappa shape index (κ1) is 14.4. The molecule has 0 unspecified atom stereocenters. The molecule has 114 valence electrons. The van der Waals surface area contributed by atoms with Crippen LogP contribution in [0, 0.1) is 0 Å². The van der Waals surface area contributed by atoms with E-state index in [1.807, 2.05) is 17.0 Å². The molecule has 1 fully saturated rings. The molecule has 0 bridgehead atoms. The molecule has 21 heavy (non-hydrogen) atoms. The van der Waals surface area contributed by atoms with Crippen molar-refractivity contribution in [1.82, 2.24) is 9.88 Å². The Hall–Kier alpha value is -1.54. The number of fused-ring (bicyclic) bond motifs is 1. The van der Waals surface area contributed by atoms with Gasteiger partial charge in [0.1, 0.15) is 0 Å². The molecule has 0 amide bonds. The molecule has 1 saturated heterocycles. The van der Waals surface area contributed by atoms with E-state index >= 15 is 0 Å². The largest absolute Gasteiger partial charge is 0.401 e. The van der Waals surface area contributed by atoms with Crippen LogP contribution in [-0.4, -0.2) is 48.8 Å². The third-order valence-electron chi connectivity index (χ3n) is 3.45. The summed E-state index contributed by atoms with van der Waals surface area (Å²) in [4.78, 5) is 7.99. The first-order chi connectivity index (χ1) is 9.90. The van der Waals surface area contributed by atoms with Gasteiger partial charge < -0.3 is 10.6 Å². The van der Waals surface area contributed by atoms with Crippen LogP contribution in [-0.2, 0) is 0 Å². The van der Waals surface area contributed by atoms with Crippen molar-refractivity contribution in [1.29, 1.82) is 0 Å². The Kier molecular flexibility index (Phi) is 3.66. The van der Waals surface area contributed by atoms with E-state index in [1.54, 1.807) is 6.07 Å². The van der Waals surface area contributed by atoms with Crippen molar-refractivity contribution in [3.8, 4) is 0 Å². The van der Waals surface area contributed by atoms with Gasteiger partial charge in [0.25, 0.3) is 0 Å². The van der Waals surface area contributed by atoms with Gasteiger partial charge in [0, 0.05) is 31.9 Å². The predicted octanol–water partition coefficient (Wildman–Crippen LogP) is 2.56. The van der Waals surface area contributed by atoms with Gasteiger partial charge in [-0.1, -0.05) is 11.3 Å². The molecule has 1 aliphatic rings. The molecule has 2 aromatic rings. The summed E-state index contributed by atoms with van der Waals surface area (Å²) in [7, 11) is 0. The van der Waals surface area contributed by atoms with E-state index in [-0.39, 0.29) is 0 Å². The standard InChI is InChI=1S/C13H15F3N4S/c14-13(15,16)8-19-3-5-20(6-4-19)12-18-10-2-1-9(17)7-11(10)21-12/h1-2,7H,3-6,8,17H2. The minimum absolute atomic E-state index is 0.400. The lowest BCUT2D eigenvalue weighted by Crippen LogP contribution is -2.49. The molecule has 2 heterocycles. The van der Waals surface area contributed by atoms with Crippen LogP contribution < -0.4 is 10.6 Å². The van der Waals surface area contributed by atoms with E-state index in [9.17, 15) is 13.2 Å². The minimum atomic E-state index is -4.13. The molecule has 4 nitrogen and oxygen atoms in total. The number of benzene rings is 1. The lowest BCUT2D eigenvalue weighted by molar-refractivity contribution is -0.146. The van der Waals surface area contributed by atoms with Gasteiger partial charge in [-0.25, -0.2) is 4.98 Å². The fourth-order valence-corrected chi connectivity index (χ4v) is 3.48. The highest BCUT2D eigenvalue weighted by molar-refractivity contribution is 7.22. The molecular weight excluding hydrogens is 301 g/mol. The molecule has 1 aromatic heterocycles. The highest BCUT2D eigenvalue weighted by atomic mass is 32.1. The van der Waals surface area contributed by atoms with Crippen molar-refractivity contribution in [2.45, 2.75) is 6.18 Å². The van der Waals surface area contributed by atoms with Crippen LogP contribution in [0.2, 0.25) is 0 Å². The molecule has 1 aliphatic heterocycles. The van der Waals surface area contributed by atoms with Crippen LogP contribution in [0.15, 0.2) is 18.2 Å². The lowest BCUT2D eigenvalue weighted by atomic mass is 10.3. The Labute approximate surface area is 124 Å². The van der Waals surface area contributed by atoms with Crippen molar-refractivity contribution in [3.05, 3.63) is 18.2 Å². The molecule has 0 aliphatic carbocycles. The number of thiazole rings is 1. The maximum atomic E-state index is 12.4. The molecule has 1 aromatic carbocycles. The van der Waals surface area contributed by atoms with Gasteiger partial charge in [0.2, 0.25) is 0 Å². The van der Waals surface area contributed by atoms with Gasteiger partial charge >= 0.3 is 6.18 Å². The first-order valence-electron chi connectivity index (χ1n) is 6.61. The molecular formula is C13H15F3N4S. The van der Waals surface area contributed by atoms with Crippen molar-refractivity contribution in [3.63, 3.8) is 0 Å². The number of nitrogen functional groups attached to an aromatic ring is 1. The Bertz CT molecular complexity index is 632. The highest BCUT2D eigenvalue weighted by Gasteiger charge is 2.32. The van der Waals surface area contributed by atoms with Crippen LogP contribution >= 0.6 is 11.3 Å². The molecule has 8 heteroatoms. The Morgan fingerprint density at radius 3 is 2.57 bits per heavy atom. The molecule has 2 N–H and O–H groups in total. The number of nitrogens with two attached hydrogens (primary N) is 1. The minimum Gasteiger partial charge on any atom is -0.399 e. The van der Waals surface area contributed by atoms with Gasteiger partial charge in [0.15, 0.2) is 5.13 Å². The SMILES string of the molecule is Nc1ccc2nc(N3CCN(CC(F)(F)F)CC3)sc2c1. The zero-order valence-electron chi connectivity index (χ0n) is 11.2. The van der Waals surface area contributed by atoms with Crippen molar-refractivity contribution < 1.29 is 13.2 Å². The first-order valence-corrected chi connectivity index (χ1v) is 7.42. The summed E-state index contributed by atoms with van der Waals surface area (Å²) in [6, 6.07) is 5.54. The topological polar surface area (TPSA) is 45.4 Å². The lowest BCUT2D eigenvalue weighted by Gasteiger charge is -2.34. The van der Waals surface area contributed by atoms with Crippen molar-refractivity contribution in [2.24, 2.45) is 0 Å². The van der Waals surface area contributed by atoms with Gasteiger partial charge in [-0.2, -0.15) is 13.2 Å². The average molecular weight is 316 g/mol. The third-order valence-corrected chi connectivity index (χ3v) is 4.53. The van der Waals surface area contributed by atoms with Crippen LogP contribution in [0.4, 0.5) is 24.0 Å². The zero-order chi connectivity index (χ0) is 15.0. The Balaban J connectivity index is 1.68. The number of hydrogen-bond acceptors (Lipinski definition) is 5. The van der Waals surface area contributed by atoms with Crippen molar-refractivity contribution in [2.75, 3.05) is 43.4 Å². The number of alkyl halides is 3. The second-order valence-corrected chi connectivity index (χ2v) is 6.11. The number of hydrogen-bond donors (Lipinski definition) is 1. The van der Waals surface area contributed by atoms with E-state index in [2.05, 4.69) is 4.98 Å². The molecule has 3 rings (SSSR count). The molecule has 0 saturated carbocycles. The summed E-state index contributed by atoms with van der Waals surface area (Å²) >= 11 is 1.53. The van der Waals surface area contributed by atoms with Gasteiger partial charge in [-0.15, -0.1) is 0 Å². The number of anilines is 2. The quantitative estimate of drug-likeness (QED) is 0.865. The summed E-state index contributed by atoms with van der Waals surface area (Å²) in [5, 5.41) is 0.849. The zero-order valence-corrected chi connectivity index (χ0v) is 12.0. The average Bonchev–Trinajstić information content (AvgIpc) is 2.80. The fourth-order valence-electron chi connectivity index (χ4n) is 2.42. The number of rotatable bonds is 2. The van der Waals surface area contributed by atoms with Gasteiger partial charge in [-0.3, -0.25) is 4.90 Å². The van der Waals surface area contributed by atoms with E-state index in [0.717, 1.165) is 15.3 Å². The number of halogens is 3. The monoisotopic (exact) mass is 316 g/mol. The summed E-state index contributed by atoms with van der Waals surface area (Å²) < 4.78 is 38.1. The second-order valence-electron chi connectivity index (χ2n) is 5.10. The second kappa shape index (κ2) is 5.34. The number of piperazine rings is 1. The maximum Gasteiger partial charge on any atom is 0.401 e. The predicted molar refractivity (Wildman–Crippen MR) is 78.7 cm³/mol. The normalized spacial score (nSPS) is 17.6. The van der Waals surface area contributed by atoms with Crippen LogP contribution in [0.1, 0.15) is 0 Å². The Morgan fingerprint density at radius 2 is 1.90 bits per heavy atom. The van der Waals surface area contributed by atoms with Crippen LogP contribution in [0.5, 0.6) is 0 Å². The number of nitrogens with zero attached hydrogens (tertiary/aromatic N) is 3. The Morgan fingerprint density at radius 1 is 1.19 bits per heavy atom. The highest BCUT2D eigenvalue weighted by Crippen LogP contribution is 2.30. The van der Waals surface area contributed by atoms with Gasteiger partial charge in [-0.05, 0) is 18.2 Å². The summed E-state index contributed by atoms with van der Waals surface area (Å²) in [5.74, 6) is 0.